The van der Waals surface area contributed by atoms with Crippen molar-refractivity contribution in [3.63, 3.8) is 0 Å². The lowest BCUT2D eigenvalue weighted by molar-refractivity contribution is 0.0880. The van der Waals surface area contributed by atoms with Gasteiger partial charge >= 0.3 is 0 Å². The van der Waals surface area contributed by atoms with Gasteiger partial charge in [0.25, 0.3) is 0 Å². The van der Waals surface area contributed by atoms with Crippen molar-refractivity contribution < 1.29 is 4.79 Å². The molecule has 1 nitrogen and oxygen atoms in total. The Hall–Kier alpha value is -1.11. The Morgan fingerprint density at radius 2 is 2.00 bits per heavy atom. The maximum Gasteiger partial charge on any atom is 0.169 e. The molecule has 1 aromatic rings. The maximum absolute atomic E-state index is 12.2. The Bertz CT molecular complexity index is 413. The smallest absolute Gasteiger partial charge is 0.169 e. The van der Waals surface area contributed by atoms with Gasteiger partial charge in [0.2, 0.25) is 0 Å². The molecular formula is C13H14O. The number of benzene rings is 1. The zero-order valence-electron chi connectivity index (χ0n) is 8.47. The number of carbonyl (C=O) groups excluding carboxylic acids is 1. The molecule has 1 fully saturated rings. The SMILES string of the molecule is Cc1ccc2c(c1)C(=O)C1(CC2)CC1. The summed E-state index contributed by atoms with van der Waals surface area (Å²) in [7, 11) is 0. The first kappa shape index (κ1) is 8.22. The predicted molar refractivity (Wildman–Crippen MR) is 55.5 cm³/mol. The fourth-order valence-electron chi connectivity index (χ4n) is 2.52. The highest BCUT2D eigenvalue weighted by molar-refractivity contribution is 6.04. The molecule has 0 N–H and O–H groups in total. The lowest BCUT2D eigenvalue weighted by Crippen LogP contribution is -2.23. The molecule has 0 amide bonds. The molecule has 1 spiro atoms. The molecule has 14 heavy (non-hydrogen) atoms. The molecule has 3 rings (SSSR count). The van der Waals surface area contributed by atoms with E-state index in [1.165, 1.54) is 11.1 Å². The number of rotatable bonds is 0. The van der Waals surface area contributed by atoms with E-state index in [9.17, 15) is 4.79 Å². The van der Waals surface area contributed by atoms with E-state index in [-0.39, 0.29) is 5.41 Å². The molecule has 0 heterocycles. The van der Waals surface area contributed by atoms with Gasteiger partial charge in [-0.1, -0.05) is 17.7 Å². The second kappa shape index (κ2) is 2.47. The second-order valence-electron chi connectivity index (χ2n) is 4.77. The van der Waals surface area contributed by atoms with E-state index in [4.69, 9.17) is 0 Å². The van der Waals surface area contributed by atoms with E-state index < -0.39 is 0 Å². The highest BCUT2D eigenvalue weighted by Gasteiger charge is 2.51. The van der Waals surface area contributed by atoms with Gasteiger partial charge in [-0.2, -0.15) is 0 Å². The van der Waals surface area contributed by atoms with Crippen LogP contribution in [0.2, 0.25) is 0 Å². The fraction of sp³-hybridized carbons (Fsp3) is 0.462. The van der Waals surface area contributed by atoms with Gasteiger partial charge in [-0.15, -0.1) is 0 Å². The summed E-state index contributed by atoms with van der Waals surface area (Å²) < 4.78 is 0. The monoisotopic (exact) mass is 186 g/mol. The van der Waals surface area contributed by atoms with Gasteiger partial charge in [0.05, 0.1) is 0 Å². The van der Waals surface area contributed by atoms with Crippen molar-refractivity contribution in [1.82, 2.24) is 0 Å². The molecule has 0 unspecified atom stereocenters. The lowest BCUT2D eigenvalue weighted by atomic mass is 9.80. The van der Waals surface area contributed by atoms with Crippen LogP contribution < -0.4 is 0 Å². The number of carbonyl (C=O) groups is 1. The molecule has 0 radical (unpaired) electrons. The highest BCUT2D eigenvalue weighted by Crippen LogP contribution is 2.54. The second-order valence-corrected chi connectivity index (χ2v) is 4.77. The van der Waals surface area contributed by atoms with Gasteiger partial charge in [0, 0.05) is 11.0 Å². The minimum atomic E-state index is 0.0841. The van der Waals surface area contributed by atoms with Crippen LogP contribution in [0.3, 0.4) is 0 Å². The van der Waals surface area contributed by atoms with Gasteiger partial charge in [0.1, 0.15) is 0 Å². The third-order valence-electron chi connectivity index (χ3n) is 3.72. The number of hydrogen-bond donors (Lipinski definition) is 0. The van der Waals surface area contributed by atoms with Gasteiger partial charge in [-0.3, -0.25) is 4.79 Å². The highest BCUT2D eigenvalue weighted by atomic mass is 16.1. The van der Waals surface area contributed by atoms with Crippen LogP contribution in [0, 0.1) is 12.3 Å². The van der Waals surface area contributed by atoms with Crippen LogP contribution in [-0.2, 0) is 6.42 Å². The maximum atomic E-state index is 12.2. The van der Waals surface area contributed by atoms with Crippen LogP contribution in [0.15, 0.2) is 18.2 Å². The number of aryl methyl sites for hydroxylation is 2. The minimum absolute atomic E-state index is 0.0841. The first-order valence-electron chi connectivity index (χ1n) is 5.36. The van der Waals surface area contributed by atoms with Gasteiger partial charge in [0.15, 0.2) is 5.78 Å². The summed E-state index contributed by atoms with van der Waals surface area (Å²) in [5.41, 5.74) is 3.56. The third-order valence-corrected chi connectivity index (χ3v) is 3.72. The van der Waals surface area contributed by atoms with Crippen LogP contribution in [0.4, 0.5) is 0 Å². The number of ketones is 1. The molecular weight excluding hydrogens is 172 g/mol. The molecule has 0 aromatic heterocycles. The van der Waals surface area contributed by atoms with Crippen molar-refractivity contribution in [2.24, 2.45) is 5.41 Å². The first-order valence-corrected chi connectivity index (χ1v) is 5.36. The molecule has 72 valence electrons. The van der Waals surface area contributed by atoms with E-state index in [0.29, 0.717) is 5.78 Å². The van der Waals surface area contributed by atoms with Gasteiger partial charge < -0.3 is 0 Å². The largest absolute Gasteiger partial charge is 0.294 e. The van der Waals surface area contributed by atoms with Gasteiger partial charge in [-0.25, -0.2) is 0 Å². The Morgan fingerprint density at radius 1 is 1.21 bits per heavy atom. The molecule has 2 aliphatic carbocycles. The molecule has 0 bridgehead atoms. The fourth-order valence-corrected chi connectivity index (χ4v) is 2.52. The zero-order valence-corrected chi connectivity index (χ0v) is 8.47. The molecule has 1 aromatic carbocycles. The summed E-state index contributed by atoms with van der Waals surface area (Å²) in [6.07, 6.45) is 4.43. The van der Waals surface area contributed by atoms with Crippen LogP contribution in [0.25, 0.3) is 0 Å². The van der Waals surface area contributed by atoms with Crippen LogP contribution in [0.1, 0.15) is 40.7 Å². The van der Waals surface area contributed by atoms with Crippen molar-refractivity contribution >= 4 is 5.78 Å². The van der Waals surface area contributed by atoms with E-state index >= 15 is 0 Å². The molecule has 1 heteroatoms. The summed E-state index contributed by atoms with van der Waals surface area (Å²) in [5.74, 6) is 0.419. The molecule has 0 atom stereocenters. The van der Waals surface area contributed by atoms with Crippen molar-refractivity contribution in [3.05, 3.63) is 34.9 Å². The Balaban J connectivity index is 2.13. The average Bonchev–Trinajstić information content (AvgIpc) is 2.94. The molecule has 1 saturated carbocycles. The first-order chi connectivity index (χ1) is 6.71. The summed E-state index contributed by atoms with van der Waals surface area (Å²) >= 11 is 0. The van der Waals surface area contributed by atoms with E-state index in [0.717, 1.165) is 31.2 Å². The van der Waals surface area contributed by atoms with Crippen molar-refractivity contribution in [1.29, 1.82) is 0 Å². The van der Waals surface area contributed by atoms with E-state index in [1.807, 2.05) is 0 Å². The lowest BCUT2D eigenvalue weighted by Gasteiger charge is -2.22. The van der Waals surface area contributed by atoms with Crippen LogP contribution in [-0.4, -0.2) is 5.78 Å². The van der Waals surface area contributed by atoms with Crippen molar-refractivity contribution in [2.45, 2.75) is 32.6 Å². The Kier molecular flexibility index (Phi) is 1.45. The molecule has 0 saturated heterocycles. The Labute approximate surface area is 84.1 Å². The summed E-state index contributed by atoms with van der Waals surface area (Å²) in [6.45, 7) is 2.06. The predicted octanol–water partition coefficient (Wildman–Crippen LogP) is 2.90. The van der Waals surface area contributed by atoms with Crippen molar-refractivity contribution in [3.8, 4) is 0 Å². The molecule has 0 aliphatic heterocycles. The van der Waals surface area contributed by atoms with Gasteiger partial charge in [-0.05, 0) is 44.2 Å². The third kappa shape index (κ3) is 0.985. The summed E-state index contributed by atoms with van der Waals surface area (Å²) in [6, 6.07) is 6.30. The van der Waals surface area contributed by atoms with E-state index in [1.54, 1.807) is 0 Å². The summed E-state index contributed by atoms with van der Waals surface area (Å²) in [5, 5.41) is 0. The normalized spacial score (nSPS) is 22.2. The van der Waals surface area contributed by atoms with E-state index in [2.05, 4.69) is 25.1 Å². The van der Waals surface area contributed by atoms with Crippen molar-refractivity contribution in [2.75, 3.05) is 0 Å². The minimum Gasteiger partial charge on any atom is -0.294 e. The topological polar surface area (TPSA) is 17.1 Å². The standard InChI is InChI=1S/C13H14O/c1-9-2-3-10-4-5-13(6-7-13)12(14)11(10)8-9/h2-3,8H,4-7H2,1H3. The quantitative estimate of drug-likeness (QED) is 0.609. The molecule has 2 aliphatic rings. The van der Waals surface area contributed by atoms with Crippen LogP contribution in [0.5, 0.6) is 0 Å². The number of hydrogen-bond acceptors (Lipinski definition) is 1. The zero-order chi connectivity index (χ0) is 9.76. The average molecular weight is 186 g/mol. The summed E-state index contributed by atoms with van der Waals surface area (Å²) in [4.78, 5) is 12.2. The van der Waals surface area contributed by atoms with Crippen LogP contribution >= 0.6 is 0 Å². The number of fused-ring (bicyclic) bond motifs is 1. The number of Topliss-reactive ketones (excluding diaryl/α,β-unsaturated/α-hetero) is 1. The Morgan fingerprint density at radius 3 is 2.71 bits per heavy atom.